The van der Waals surface area contributed by atoms with Crippen LogP contribution < -0.4 is 10.6 Å². The molecular weight excluding hydrogens is 326 g/mol. The third-order valence-corrected chi connectivity index (χ3v) is 4.52. The molecule has 0 fully saturated rings. The second-order valence-corrected chi connectivity index (χ2v) is 8.17. The number of hydrogen-bond donors (Lipinski definition) is 2. The van der Waals surface area contributed by atoms with Crippen molar-refractivity contribution in [1.29, 1.82) is 0 Å². The summed E-state index contributed by atoms with van der Waals surface area (Å²) in [5, 5.41) is 5.89. The van der Waals surface area contributed by atoms with Crippen molar-refractivity contribution in [2.75, 3.05) is 27.2 Å². The first-order valence-electron chi connectivity index (χ1n) is 9.19. The van der Waals surface area contributed by atoms with Gasteiger partial charge in [0.1, 0.15) is 6.04 Å². The summed E-state index contributed by atoms with van der Waals surface area (Å²) in [5.74, 6) is -0.244. The molecule has 5 heteroatoms. The molecule has 142 valence electrons. The zero-order valence-corrected chi connectivity index (χ0v) is 16.6. The van der Waals surface area contributed by atoms with E-state index in [1.54, 1.807) is 0 Å². The highest BCUT2D eigenvalue weighted by Gasteiger charge is 2.29. The van der Waals surface area contributed by atoms with Gasteiger partial charge in [-0.15, -0.1) is 0 Å². The highest BCUT2D eigenvalue weighted by molar-refractivity contribution is 5.91. The molecule has 0 bridgehead atoms. The molecule has 0 spiro atoms. The molecule has 0 aliphatic heterocycles. The predicted octanol–water partition coefficient (Wildman–Crippen LogP) is 2.22. The zero-order valence-electron chi connectivity index (χ0n) is 16.6. The van der Waals surface area contributed by atoms with Crippen LogP contribution in [0.25, 0.3) is 5.57 Å². The highest BCUT2D eigenvalue weighted by atomic mass is 16.2. The zero-order chi connectivity index (χ0) is 19.3. The lowest BCUT2D eigenvalue weighted by molar-refractivity contribution is -0.133. The number of rotatable bonds is 7. The maximum atomic E-state index is 12.7. The molecule has 0 aromatic heterocycles. The average molecular weight is 357 g/mol. The van der Waals surface area contributed by atoms with Gasteiger partial charge in [-0.25, -0.2) is 0 Å². The first kappa shape index (κ1) is 20.2. The van der Waals surface area contributed by atoms with Crippen molar-refractivity contribution in [1.82, 2.24) is 15.5 Å². The van der Waals surface area contributed by atoms with E-state index < -0.39 is 11.5 Å². The van der Waals surface area contributed by atoms with Gasteiger partial charge in [0, 0.05) is 24.9 Å². The van der Waals surface area contributed by atoms with E-state index in [1.165, 1.54) is 11.1 Å². The maximum absolute atomic E-state index is 12.7. The standard InChI is InChI=1S/C21H31N3O2/c1-21(2,3)20(26)23-18(19(25)22-12-13-24(4)5)14-16-11-10-15-8-6-7-9-17(15)16/h6-9,11,18H,10,12-14H2,1-5H3,(H,22,25)(H,23,26). The van der Waals surface area contributed by atoms with Crippen LogP contribution in [-0.2, 0) is 16.0 Å². The van der Waals surface area contributed by atoms with E-state index in [1.807, 2.05) is 51.9 Å². The van der Waals surface area contributed by atoms with Crippen molar-refractivity contribution < 1.29 is 9.59 Å². The van der Waals surface area contributed by atoms with Gasteiger partial charge >= 0.3 is 0 Å². The van der Waals surface area contributed by atoms with Gasteiger partial charge in [0.15, 0.2) is 0 Å². The molecule has 1 atom stereocenters. The molecule has 0 heterocycles. The minimum Gasteiger partial charge on any atom is -0.353 e. The summed E-state index contributed by atoms with van der Waals surface area (Å²) >= 11 is 0. The summed E-state index contributed by atoms with van der Waals surface area (Å²) in [6.07, 6.45) is 3.55. The molecule has 1 unspecified atom stereocenters. The van der Waals surface area contributed by atoms with E-state index in [9.17, 15) is 9.59 Å². The third kappa shape index (κ3) is 5.43. The number of carbonyl (C=O) groups is 2. The Bertz CT molecular complexity index is 687. The molecule has 1 aromatic carbocycles. The second kappa shape index (κ2) is 8.49. The summed E-state index contributed by atoms with van der Waals surface area (Å²) in [5.41, 5.74) is 3.05. The third-order valence-electron chi connectivity index (χ3n) is 4.52. The van der Waals surface area contributed by atoms with Crippen molar-refractivity contribution in [2.45, 2.75) is 39.7 Å². The first-order valence-corrected chi connectivity index (χ1v) is 9.19. The summed E-state index contributed by atoms with van der Waals surface area (Å²) in [4.78, 5) is 27.2. The Morgan fingerprint density at radius 3 is 2.54 bits per heavy atom. The fourth-order valence-electron chi connectivity index (χ4n) is 2.88. The average Bonchev–Trinajstić information content (AvgIpc) is 2.96. The highest BCUT2D eigenvalue weighted by Crippen LogP contribution is 2.30. The number of fused-ring (bicyclic) bond motifs is 1. The summed E-state index contributed by atoms with van der Waals surface area (Å²) < 4.78 is 0. The van der Waals surface area contributed by atoms with Crippen molar-refractivity contribution in [3.63, 3.8) is 0 Å². The molecule has 2 amide bonds. The molecular formula is C21H31N3O2. The van der Waals surface area contributed by atoms with Gasteiger partial charge in [-0.05, 0) is 37.2 Å². The number of benzene rings is 1. The van der Waals surface area contributed by atoms with Crippen LogP contribution in [0.5, 0.6) is 0 Å². The lowest BCUT2D eigenvalue weighted by Gasteiger charge is -2.25. The summed E-state index contributed by atoms with van der Waals surface area (Å²) in [6, 6.07) is 7.67. The van der Waals surface area contributed by atoms with Crippen LogP contribution in [0.4, 0.5) is 0 Å². The smallest absolute Gasteiger partial charge is 0.242 e. The molecule has 2 rings (SSSR count). The number of nitrogens with one attached hydrogen (secondary N) is 2. The lowest BCUT2D eigenvalue weighted by atomic mass is 9.93. The normalized spacial score (nSPS) is 14.6. The molecule has 0 saturated heterocycles. The Kier molecular flexibility index (Phi) is 6.59. The van der Waals surface area contributed by atoms with Gasteiger partial charge in [-0.2, -0.15) is 0 Å². The van der Waals surface area contributed by atoms with Crippen molar-refractivity contribution in [3.05, 3.63) is 41.5 Å². The van der Waals surface area contributed by atoms with Crippen LogP contribution in [0.15, 0.2) is 30.3 Å². The number of carbonyl (C=O) groups excluding carboxylic acids is 2. The van der Waals surface area contributed by atoms with Gasteiger partial charge in [0.25, 0.3) is 0 Å². The van der Waals surface area contributed by atoms with E-state index in [0.717, 1.165) is 18.5 Å². The summed E-state index contributed by atoms with van der Waals surface area (Å²) in [6.45, 7) is 6.88. The predicted molar refractivity (Wildman–Crippen MR) is 106 cm³/mol. The quantitative estimate of drug-likeness (QED) is 0.787. The Labute approximate surface area is 156 Å². The number of hydrogen-bond acceptors (Lipinski definition) is 3. The Balaban J connectivity index is 2.10. The molecule has 1 aliphatic carbocycles. The van der Waals surface area contributed by atoms with E-state index >= 15 is 0 Å². The minimum absolute atomic E-state index is 0.114. The van der Waals surface area contributed by atoms with Crippen LogP contribution in [0, 0.1) is 5.41 Å². The Morgan fingerprint density at radius 2 is 1.88 bits per heavy atom. The number of nitrogens with zero attached hydrogens (tertiary/aromatic N) is 1. The van der Waals surface area contributed by atoms with Gasteiger partial charge in [0.05, 0.1) is 0 Å². The van der Waals surface area contributed by atoms with Crippen molar-refractivity contribution >= 4 is 17.4 Å². The second-order valence-electron chi connectivity index (χ2n) is 8.17. The molecule has 1 aliphatic rings. The monoisotopic (exact) mass is 357 g/mol. The molecule has 0 radical (unpaired) electrons. The molecule has 5 nitrogen and oxygen atoms in total. The van der Waals surface area contributed by atoms with E-state index in [4.69, 9.17) is 0 Å². The van der Waals surface area contributed by atoms with Crippen LogP contribution in [-0.4, -0.2) is 49.9 Å². The Hall–Kier alpha value is -2.14. The number of allylic oxidation sites excluding steroid dienone is 1. The van der Waals surface area contributed by atoms with Crippen LogP contribution in [0.2, 0.25) is 0 Å². The van der Waals surface area contributed by atoms with Gasteiger partial charge < -0.3 is 15.5 Å². The molecule has 1 aromatic rings. The van der Waals surface area contributed by atoms with E-state index in [2.05, 4.69) is 28.8 Å². The maximum Gasteiger partial charge on any atom is 0.242 e. The van der Waals surface area contributed by atoms with Gasteiger partial charge in [0.2, 0.25) is 11.8 Å². The van der Waals surface area contributed by atoms with E-state index in [0.29, 0.717) is 13.0 Å². The fraction of sp³-hybridized carbons (Fsp3) is 0.524. The van der Waals surface area contributed by atoms with Crippen molar-refractivity contribution in [2.24, 2.45) is 5.41 Å². The number of likely N-dealkylation sites (N-methyl/N-ethyl adjacent to an activating group) is 1. The van der Waals surface area contributed by atoms with Crippen LogP contribution >= 0.6 is 0 Å². The summed E-state index contributed by atoms with van der Waals surface area (Å²) in [7, 11) is 3.93. The molecule has 0 saturated carbocycles. The van der Waals surface area contributed by atoms with Gasteiger partial charge in [-0.3, -0.25) is 9.59 Å². The topological polar surface area (TPSA) is 61.4 Å². The lowest BCUT2D eigenvalue weighted by Crippen LogP contribution is -2.50. The minimum atomic E-state index is -0.568. The van der Waals surface area contributed by atoms with Crippen LogP contribution in [0.1, 0.15) is 38.3 Å². The molecule has 26 heavy (non-hydrogen) atoms. The SMILES string of the molecule is CN(C)CCNC(=O)C(CC1=CCc2ccccc21)NC(=O)C(C)(C)C. The first-order chi connectivity index (χ1) is 12.2. The largest absolute Gasteiger partial charge is 0.353 e. The number of amides is 2. The Morgan fingerprint density at radius 1 is 1.19 bits per heavy atom. The fourth-order valence-corrected chi connectivity index (χ4v) is 2.88. The van der Waals surface area contributed by atoms with Gasteiger partial charge in [-0.1, -0.05) is 51.1 Å². The van der Waals surface area contributed by atoms with E-state index in [-0.39, 0.29) is 11.8 Å². The van der Waals surface area contributed by atoms with Crippen molar-refractivity contribution in [3.8, 4) is 0 Å². The van der Waals surface area contributed by atoms with Crippen LogP contribution in [0.3, 0.4) is 0 Å². The molecule has 2 N–H and O–H groups in total.